The van der Waals surface area contributed by atoms with Crippen molar-refractivity contribution >= 4 is 11.9 Å². The van der Waals surface area contributed by atoms with Crippen LogP contribution in [0.2, 0.25) is 0 Å². The van der Waals surface area contributed by atoms with Crippen molar-refractivity contribution in [2.75, 3.05) is 18.0 Å². The quantitative estimate of drug-likeness (QED) is 0.767. The number of rotatable bonds is 4. The summed E-state index contributed by atoms with van der Waals surface area (Å²) in [6.07, 6.45) is 8.62. The highest BCUT2D eigenvalue weighted by Crippen LogP contribution is 2.16. The second kappa shape index (κ2) is 7.30. The largest absolute Gasteiger partial charge is 0.348 e. The van der Waals surface area contributed by atoms with E-state index in [1.54, 1.807) is 35.7 Å². The molecule has 0 saturated carbocycles. The van der Waals surface area contributed by atoms with Crippen molar-refractivity contribution in [2.45, 2.75) is 18.9 Å². The molecule has 0 bridgehead atoms. The number of hydrogen-bond acceptors (Lipinski definition) is 6. The van der Waals surface area contributed by atoms with Gasteiger partial charge in [-0.05, 0) is 37.1 Å². The van der Waals surface area contributed by atoms with Crippen LogP contribution in [0.15, 0.2) is 55.4 Å². The minimum Gasteiger partial charge on any atom is -0.348 e. The normalized spacial score (nSPS) is 17.1. The summed E-state index contributed by atoms with van der Waals surface area (Å²) in [6.45, 7) is 1.61. The van der Waals surface area contributed by atoms with Gasteiger partial charge < -0.3 is 10.2 Å². The van der Waals surface area contributed by atoms with Gasteiger partial charge in [-0.15, -0.1) is 10.2 Å². The van der Waals surface area contributed by atoms with E-state index in [2.05, 4.69) is 30.4 Å². The van der Waals surface area contributed by atoms with E-state index in [1.807, 2.05) is 24.3 Å². The van der Waals surface area contributed by atoms with Gasteiger partial charge in [-0.25, -0.2) is 9.97 Å². The third-order valence-corrected chi connectivity index (χ3v) is 4.42. The number of nitrogens with one attached hydrogen (secondary N) is 1. The Kier molecular flexibility index (Phi) is 4.55. The van der Waals surface area contributed by atoms with Gasteiger partial charge in [0.15, 0.2) is 0 Å². The molecule has 0 spiro atoms. The van der Waals surface area contributed by atoms with Crippen molar-refractivity contribution in [1.29, 1.82) is 0 Å². The van der Waals surface area contributed by atoms with Gasteiger partial charge in [0.2, 0.25) is 5.95 Å². The second-order valence-corrected chi connectivity index (χ2v) is 6.23. The molecule has 1 aliphatic rings. The Morgan fingerprint density at radius 3 is 2.73 bits per heavy atom. The van der Waals surface area contributed by atoms with Crippen LogP contribution in [-0.2, 0) is 0 Å². The van der Waals surface area contributed by atoms with Crippen molar-refractivity contribution in [1.82, 2.24) is 30.0 Å². The molecule has 4 rings (SSSR count). The van der Waals surface area contributed by atoms with Crippen molar-refractivity contribution in [3.63, 3.8) is 0 Å². The topological polar surface area (TPSA) is 88.8 Å². The number of nitrogens with zero attached hydrogens (tertiary/aromatic N) is 6. The molecular formula is C18H19N7O. The number of hydrogen-bond donors (Lipinski definition) is 1. The van der Waals surface area contributed by atoms with Crippen LogP contribution >= 0.6 is 0 Å². The lowest BCUT2D eigenvalue weighted by Gasteiger charge is -2.33. The molecule has 8 heteroatoms. The number of amides is 1. The lowest BCUT2D eigenvalue weighted by atomic mass is 10.1. The first-order chi connectivity index (χ1) is 12.8. The van der Waals surface area contributed by atoms with E-state index in [4.69, 9.17) is 0 Å². The molecule has 0 radical (unpaired) electrons. The average molecular weight is 349 g/mol. The van der Waals surface area contributed by atoms with Crippen LogP contribution in [0.5, 0.6) is 0 Å². The maximum absolute atomic E-state index is 12.7. The fraction of sp³-hybridized carbons (Fsp3) is 0.278. The van der Waals surface area contributed by atoms with Gasteiger partial charge in [0.1, 0.15) is 12.7 Å². The fourth-order valence-corrected chi connectivity index (χ4v) is 3.14. The minimum atomic E-state index is -0.0826. The van der Waals surface area contributed by atoms with E-state index in [-0.39, 0.29) is 11.9 Å². The predicted octanol–water partition coefficient (Wildman–Crippen LogP) is 1.46. The Balaban J connectivity index is 1.44. The summed E-state index contributed by atoms with van der Waals surface area (Å²) >= 11 is 0. The van der Waals surface area contributed by atoms with Crippen molar-refractivity contribution in [3.8, 4) is 5.69 Å². The first-order valence-corrected chi connectivity index (χ1v) is 8.57. The van der Waals surface area contributed by atoms with Gasteiger partial charge in [0.05, 0.1) is 0 Å². The van der Waals surface area contributed by atoms with E-state index in [0.717, 1.165) is 25.1 Å². The molecule has 132 valence electrons. The number of anilines is 1. The van der Waals surface area contributed by atoms with E-state index < -0.39 is 0 Å². The highest BCUT2D eigenvalue weighted by molar-refractivity contribution is 5.95. The van der Waals surface area contributed by atoms with Gasteiger partial charge in [0.25, 0.3) is 5.91 Å². The molecule has 26 heavy (non-hydrogen) atoms. The summed E-state index contributed by atoms with van der Waals surface area (Å²) < 4.78 is 1.77. The predicted molar refractivity (Wildman–Crippen MR) is 96.1 cm³/mol. The second-order valence-electron chi connectivity index (χ2n) is 6.23. The summed E-state index contributed by atoms with van der Waals surface area (Å²) in [5, 5.41) is 10.7. The van der Waals surface area contributed by atoms with Crippen LogP contribution in [0.4, 0.5) is 5.95 Å². The molecule has 1 aliphatic heterocycles. The Morgan fingerprint density at radius 2 is 1.92 bits per heavy atom. The Bertz CT molecular complexity index is 866. The average Bonchev–Trinajstić information content (AvgIpc) is 3.24. The van der Waals surface area contributed by atoms with Gasteiger partial charge in [-0.3, -0.25) is 9.36 Å². The fourth-order valence-electron chi connectivity index (χ4n) is 3.14. The molecule has 3 heterocycles. The van der Waals surface area contributed by atoms with E-state index in [0.29, 0.717) is 18.1 Å². The molecule has 0 aliphatic carbocycles. The van der Waals surface area contributed by atoms with Crippen LogP contribution in [-0.4, -0.2) is 49.8 Å². The van der Waals surface area contributed by atoms with Gasteiger partial charge in [-0.1, -0.05) is 6.07 Å². The maximum atomic E-state index is 12.7. The molecule has 1 saturated heterocycles. The summed E-state index contributed by atoms with van der Waals surface area (Å²) in [7, 11) is 0. The lowest BCUT2D eigenvalue weighted by Crippen LogP contribution is -2.48. The van der Waals surface area contributed by atoms with Crippen LogP contribution in [0.1, 0.15) is 23.2 Å². The highest BCUT2D eigenvalue weighted by Gasteiger charge is 2.23. The van der Waals surface area contributed by atoms with Crippen LogP contribution < -0.4 is 10.2 Å². The monoisotopic (exact) mass is 349 g/mol. The molecule has 1 atom stereocenters. The Hall–Kier alpha value is -3.29. The highest BCUT2D eigenvalue weighted by atomic mass is 16.1. The molecule has 3 aromatic rings. The molecule has 1 fully saturated rings. The first kappa shape index (κ1) is 16.2. The van der Waals surface area contributed by atoms with Crippen molar-refractivity contribution < 1.29 is 4.79 Å². The van der Waals surface area contributed by atoms with Gasteiger partial charge in [0, 0.05) is 42.8 Å². The zero-order valence-electron chi connectivity index (χ0n) is 14.2. The Morgan fingerprint density at radius 1 is 1.12 bits per heavy atom. The zero-order valence-corrected chi connectivity index (χ0v) is 14.2. The van der Waals surface area contributed by atoms with Crippen molar-refractivity contribution in [2.24, 2.45) is 0 Å². The summed E-state index contributed by atoms with van der Waals surface area (Å²) in [6, 6.07) is 9.28. The summed E-state index contributed by atoms with van der Waals surface area (Å²) in [5.74, 6) is 0.627. The molecule has 1 N–H and O–H groups in total. The molecular weight excluding hydrogens is 330 g/mol. The smallest absolute Gasteiger partial charge is 0.251 e. The number of benzene rings is 1. The maximum Gasteiger partial charge on any atom is 0.251 e. The Labute approximate surface area is 150 Å². The third-order valence-electron chi connectivity index (χ3n) is 4.42. The van der Waals surface area contributed by atoms with E-state index in [9.17, 15) is 4.79 Å². The number of carbonyl (C=O) groups is 1. The molecule has 8 nitrogen and oxygen atoms in total. The number of piperidine rings is 1. The van der Waals surface area contributed by atoms with Crippen LogP contribution in [0.25, 0.3) is 5.69 Å². The minimum absolute atomic E-state index is 0.0682. The molecule has 0 unspecified atom stereocenters. The SMILES string of the molecule is O=C(N[C@H]1CCCN(c2ncccn2)C1)c1cccc(-n2cnnc2)c1. The first-order valence-electron chi connectivity index (χ1n) is 8.57. The summed E-state index contributed by atoms with van der Waals surface area (Å²) in [4.78, 5) is 23.4. The zero-order chi connectivity index (χ0) is 17.8. The van der Waals surface area contributed by atoms with Crippen molar-refractivity contribution in [3.05, 3.63) is 60.9 Å². The molecule has 1 aromatic carbocycles. The molecule has 2 aromatic heterocycles. The standard InChI is InChI=1S/C18H19N7O/c26-17(14-4-1-6-16(10-14)25-12-21-22-13-25)23-15-5-2-9-24(11-15)18-19-7-3-8-20-18/h1,3-4,6-8,10,12-13,15H,2,5,9,11H2,(H,23,26)/t15-/m0/s1. The van der Waals surface area contributed by atoms with E-state index in [1.165, 1.54) is 0 Å². The van der Waals surface area contributed by atoms with Crippen LogP contribution in [0, 0.1) is 0 Å². The third kappa shape index (κ3) is 3.53. The number of aromatic nitrogens is 5. The van der Waals surface area contributed by atoms with E-state index >= 15 is 0 Å². The molecule has 1 amide bonds. The summed E-state index contributed by atoms with van der Waals surface area (Å²) in [5.41, 5.74) is 1.47. The van der Waals surface area contributed by atoms with Gasteiger partial charge in [-0.2, -0.15) is 0 Å². The van der Waals surface area contributed by atoms with Gasteiger partial charge >= 0.3 is 0 Å². The number of carbonyl (C=O) groups excluding carboxylic acids is 1. The van der Waals surface area contributed by atoms with Crippen LogP contribution in [0.3, 0.4) is 0 Å². The lowest BCUT2D eigenvalue weighted by molar-refractivity contribution is 0.0933.